The Balaban J connectivity index is 1.92. The number of hydrogen-bond acceptors (Lipinski definition) is 4. The fourth-order valence-corrected chi connectivity index (χ4v) is 3.59. The number of thiophene rings is 1. The lowest BCUT2D eigenvalue weighted by molar-refractivity contribution is -0.140. The third kappa shape index (κ3) is 4.04. The maximum atomic E-state index is 12.4. The minimum Gasteiger partial charge on any atom is -0.481 e. The highest BCUT2D eigenvalue weighted by molar-refractivity contribution is 7.10. The van der Waals surface area contributed by atoms with Gasteiger partial charge in [-0.3, -0.25) is 14.5 Å². The van der Waals surface area contributed by atoms with E-state index in [-0.39, 0.29) is 18.4 Å². The van der Waals surface area contributed by atoms with Crippen molar-refractivity contribution < 1.29 is 14.7 Å². The Morgan fingerprint density at radius 2 is 2.29 bits per heavy atom. The number of amides is 1. The van der Waals surface area contributed by atoms with Crippen molar-refractivity contribution in [2.75, 3.05) is 19.6 Å². The summed E-state index contributed by atoms with van der Waals surface area (Å²) in [5.74, 6) is -0.736. The highest BCUT2D eigenvalue weighted by Crippen LogP contribution is 2.24. The van der Waals surface area contributed by atoms with Gasteiger partial charge >= 0.3 is 5.97 Å². The standard InChI is InChI=1S/C15H22N2O3S/c1-3-16(11(2)8-15(19)20)10-14(18)17-6-4-13-12(9-17)5-7-21-13/h5,7,11H,3-4,6,8-10H2,1-2H3,(H,19,20). The fourth-order valence-electron chi connectivity index (χ4n) is 2.70. The van der Waals surface area contributed by atoms with Gasteiger partial charge in [-0.05, 0) is 36.9 Å². The molecule has 1 amide bonds. The molecule has 0 saturated carbocycles. The van der Waals surface area contributed by atoms with Crippen molar-refractivity contribution in [1.82, 2.24) is 9.80 Å². The van der Waals surface area contributed by atoms with Crippen LogP contribution in [0.3, 0.4) is 0 Å². The third-order valence-corrected chi connectivity index (χ3v) is 5.02. The molecule has 0 aromatic carbocycles. The summed E-state index contributed by atoms with van der Waals surface area (Å²) in [5, 5.41) is 11.0. The summed E-state index contributed by atoms with van der Waals surface area (Å²) in [6.07, 6.45) is 0.991. The van der Waals surface area contributed by atoms with E-state index in [1.54, 1.807) is 11.3 Å². The van der Waals surface area contributed by atoms with Crippen molar-refractivity contribution in [2.24, 2.45) is 0 Å². The number of carboxylic acid groups (broad SMARTS) is 1. The lowest BCUT2D eigenvalue weighted by atomic mass is 10.1. The summed E-state index contributed by atoms with van der Waals surface area (Å²) in [5.41, 5.74) is 1.25. The number of fused-ring (bicyclic) bond motifs is 1. The molecule has 1 aliphatic rings. The number of carbonyl (C=O) groups excluding carboxylic acids is 1. The van der Waals surface area contributed by atoms with E-state index in [0.29, 0.717) is 19.6 Å². The zero-order valence-corrected chi connectivity index (χ0v) is 13.4. The minimum absolute atomic E-state index is 0.0653. The summed E-state index contributed by atoms with van der Waals surface area (Å²) in [7, 11) is 0. The van der Waals surface area contributed by atoms with Gasteiger partial charge < -0.3 is 10.0 Å². The van der Waals surface area contributed by atoms with Crippen LogP contribution in [0.25, 0.3) is 0 Å². The molecule has 1 aromatic heterocycles. The first-order chi connectivity index (χ1) is 10.0. The summed E-state index contributed by atoms with van der Waals surface area (Å²) in [6.45, 7) is 6.23. The Morgan fingerprint density at radius 1 is 1.52 bits per heavy atom. The van der Waals surface area contributed by atoms with Crippen molar-refractivity contribution in [3.63, 3.8) is 0 Å². The fraction of sp³-hybridized carbons (Fsp3) is 0.600. The Labute approximate surface area is 129 Å². The van der Waals surface area contributed by atoms with E-state index < -0.39 is 5.97 Å². The molecule has 1 unspecified atom stereocenters. The number of nitrogens with zero attached hydrogens (tertiary/aromatic N) is 2. The molecule has 5 nitrogen and oxygen atoms in total. The number of carbonyl (C=O) groups is 2. The van der Waals surface area contributed by atoms with Gasteiger partial charge in [0.1, 0.15) is 0 Å². The van der Waals surface area contributed by atoms with Crippen LogP contribution in [0, 0.1) is 0 Å². The molecule has 1 aromatic rings. The number of likely N-dealkylation sites (N-methyl/N-ethyl adjacent to an activating group) is 1. The molecule has 6 heteroatoms. The van der Waals surface area contributed by atoms with E-state index >= 15 is 0 Å². The molecule has 116 valence electrons. The first kappa shape index (κ1) is 16.0. The van der Waals surface area contributed by atoms with Crippen LogP contribution in [0.1, 0.15) is 30.7 Å². The Bertz CT molecular complexity index is 515. The van der Waals surface area contributed by atoms with E-state index in [0.717, 1.165) is 13.0 Å². The third-order valence-electron chi connectivity index (χ3n) is 4.00. The molecule has 2 heterocycles. The first-order valence-corrected chi connectivity index (χ1v) is 8.18. The topological polar surface area (TPSA) is 60.9 Å². The van der Waals surface area contributed by atoms with Gasteiger partial charge in [-0.2, -0.15) is 0 Å². The molecule has 0 bridgehead atoms. The van der Waals surface area contributed by atoms with Crippen LogP contribution in [0.4, 0.5) is 0 Å². The maximum Gasteiger partial charge on any atom is 0.304 e. The monoisotopic (exact) mass is 310 g/mol. The largest absolute Gasteiger partial charge is 0.481 e. The summed E-state index contributed by atoms with van der Waals surface area (Å²) in [6, 6.07) is 1.96. The van der Waals surface area contributed by atoms with E-state index in [1.165, 1.54) is 10.4 Å². The Kier molecular flexibility index (Phi) is 5.36. The Hall–Kier alpha value is -1.40. The molecule has 1 aliphatic heterocycles. The van der Waals surface area contributed by atoms with Crippen LogP contribution in [0.2, 0.25) is 0 Å². The molecular formula is C15H22N2O3S. The molecule has 0 saturated heterocycles. The van der Waals surface area contributed by atoms with E-state index in [2.05, 4.69) is 11.4 Å². The van der Waals surface area contributed by atoms with Gasteiger partial charge in [0.15, 0.2) is 0 Å². The van der Waals surface area contributed by atoms with Crippen LogP contribution in [0.5, 0.6) is 0 Å². The molecule has 0 radical (unpaired) electrons. The number of hydrogen-bond donors (Lipinski definition) is 1. The molecule has 0 spiro atoms. The second-order valence-corrected chi connectivity index (χ2v) is 6.44. The molecule has 21 heavy (non-hydrogen) atoms. The van der Waals surface area contributed by atoms with Crippen molar-refractivity contribution >= 4 is 23.2 Å². The normalized spacial score (nSPS) is 15.9. The molecule has 2 rings (SSSR count). The molecule has 0 fully saturated rings. The summed E-state index contributed by atoms with van der Waals surface area (Å²) < 4.78 is 0. The van der Waals surface area contributed by atoms with Crippen molar-refractivity contribution in [2.45, 2.75) is 39.3 Å². The zero-order valence-electron chi connectivity index (χ0n) is 12.5. The highest BCUT2D eigenvalue weighted by Gasteiger charge is 2.24. The zero-order chi connectivity index (χ0) is 15.4. The van der Waals surface area contributed by atoms with Gasteiger partial charge in [-0.1, -0.05) is 6.92 Å². The molecular weight excluding hydrogens is 288 g/mol. The van der Waals surface area contributed by atoms with Gasteiger partial charge in [-0.25, -0.2) is 0 Å². The maximum absolute atomic E-state index is 12.4. The van der Waals surface area contributed by atoms with Crippen LogP contribution >= 0.6 is 11.3 Å². The van der Waals surface area contributed by atoms with E-state index in [1.807, 2.05) is 23.6 Å². The predicted octanol–water partition coefficient (Wildman–Crippen LogP) is 1.82. The van der Waals surface area contributed by atoms with Crippen LogP contribution < -0.4 is 0 Å². The number of aliphatic carboxylic acids is 1. The van der Waals surface area contributed by atoms with Gasteiger partial charge in [0.25, 0.3) is 0 Å². The van der Waals surface area contributed by atoms with E-state index in [4.69, 9.17) is 5.11 Å². The Morgan fingerprint density at radius 3 is 2.95 bits per heavy atom. The number of carboxylic acids is 1. The second kappa shape index (κ2) is 7.04. The van der Waals surface area contributed by atoms with Gasteiger partial charge in [0, 0.05) is 24.0 Å². The number of rotatable bonds is 6. The van der Waals surface area contributed by atoms with Crippen molar-refractivity contribution in [1.29, 1.82) is 0 Å². The summed E-state index contributed by atoms with van der Waals surface area (Å²) in [4.78, 5) is 28.4. The lowest BCUT2D eigenvalue weighted by Gasteiger charge is -2.31. The molecule has 0 aliphatic carbocycles. The second-order valence-electron chi connectivity index (χ2n) is 5.44. The SMILES string of the molecule is CCN(CC(=O)N1CCc2sccc2C1)C(C)CC(=O)O. The van der Waals surface area contributed by atoms with E-state index in [9.17, 15) is 9.59 Å². The average molecular weight is 310 g/mol. The highest BCUT2D eigenvalue weighted by atomic mass is 32.1. The smallest absolute Gasteiger partial charge is 0.304 e. The quantitative estimate of drug-likeness (QED) is 0.870. The van der Waals surface area contributed by atoms with Crippen LogP contribution in [-0.2, 0) is 22.6 Å². The summed E-state index contributed by atoms with van der Waals surface area (Å²) >= 11 is 1.76. The van der Waals surface area contributed by atoms with Crippen molar-refractivity contribution in [3.05, 3.63) is 21.9 Å². The molecule has 1 N–H and O–H groups in total. The minimum atomic E-state index is -0.825. The molecule has 1 atom stereocenters. The average Bonchev–Trinajstić information content (AvgIpc) is 2.90. The van der Waals surface area contributed by atoms with Gasteiger partial charge in [0.05, 0.1) is 13.0 Å². The lowest BCUT2D eigenvalue weighted by Crippen LogP contribution is -2.45. The van der Waals surface area contributed by atoms with Crippen LogP contribution in [0.15, 0.2) is 11.4 Å². The van der Waals surface area contributed by atoms with Gasteiger partial charge in [0.2, 0.25) is 5.91 Å². The van der Waals surface area contributed by atoms with Gasteiger partial charge in [-0.15, -0.1) is 11.3 Å². The predicted molar refractivity (Wildman–Crippen MR) is 82.4 cm³/mol. The van der Waals surface area contributed by atoms with Crippen LogP contribution in [-0.4, -0.2) is 52.5 Å². The van der Waals surface area contributed by atoms with Crippen molar-refractivity contribution in [3.8, 4) is 0 Å². The first-order valence-electron chi connectivity index (χ1n) is 7.30.